The second-order valence-electron chi connectivity index (χ2n) is 5.72. The lowest BCUT2D eigenvalue weighted by molar-refractivity contribution is -0.141. The Labute approximate surface area is 165 Å². The van der Waals surface area contributed by atoms with Crippen LogP contribution in [0.5, 0.6) is 5.75 Å². The van der Waals surface area contributed by atoms with Crippen LogP contribution in [-0.4, -0.2) is 30.2 Å². The van der Waals surface area contributed by atoms with E-state index < -0.39 is 11.9 Å². The molecule has 0 radical (unpaired) electrons. The summed E-state index contributed by atoms with van der Waals surface area (Å²) >= 11 is 1.28. The number of amides is 1. The van der Waals surface area contributed by atoms with E-state index in [4.69, 9.17) is 14.7 Å². The van der Waals surface area contributed by atoms with Crippen molar-refractivity contribution in [2.45, 2.75) is 13.5 Å². The molecule has 0 fully saturated rings. The van der Waals surface area contributed by atoms with Crippen molar-refractivity contribution in [1.82, 2.24) is 4.57 Å². The number of esters is 1. The number of aromatic nitrogens is 1. The number of carbonyl (C=O) groups is 2. The fraction of sp³-hybridized carbons (Fsp3) is 0.200. The third-order valence-corrected chi connectivity index (χ3v) is 4.98. The minimum absolute atomic E-state index is 0.0655. The highest BCUT2D eigenvalue weighted by Crippen LogP contribution is 2.23. The summed E-state index contributed by atoms with van der Waals surface area (Å²) in [6.07, 6.45) is 0. The number of fused-ring (bicyclic) bond motifs is 1. The summed E-state index contributed by atoms with van der Waals surface area (Å²) < 4.78 is 12.8. The fourth-order valence-corrected chi connectivity index (χ4v) is 3.64. The van der Waals surface area contributed by atoms with Crippen LogP contribution >= 0.6 is 11.3 Å². The Morgan fingerprint density at radius 3 is 2.61 bits per heavy atom. The first-order valence-electron chi connectivity index (χ1n) is 8.48. The quantitative estimate of drug-likeness (QED) is 0.619. The van der Waals surface area contributed by atoms with Crippen molar-refractivity contribution in [2.24, 2.45) is 4.99 Å². The number of benzene rings is 2. The molecule has 0 spiro atoms. The fourth-order valence-electron chi connectivity index (χ4n) is 2.58. The Hall–Kier alpha value is -3.44. The number of rotatable bonds is 5. The van der Waals surface area contributed by atoms with Crippen molar-refractivity contribution in [3.05, 3.63) is 58.4 Å². The molecular formula is C20H17N3O4S. The smallest absolute Gasteiger partial charge is 0.325 e. The van der Waals surface area contributed by atoms with Crippen LogP contribution in [0.4, 0.5) is 0 Å². The van der Waals surface area contributed by atoms with Gasteiger partial charge in [0.15, 0.2) is 4.80 Å². The van der Waals surface area contributed by atoms with Gasteiger partial charge in [0.05, 0.1) is 35.6 Å². The highest BCUT2D eigenvalue weighted by atomic mass is 32.1. The third kappa shape index (κ3) is 4.10. The number of methoxy groups -OCH3 is 1. The minimum Gasteiger partial charge on any atom is -0.494 e. The van der Waals surface area contributed by atoms with Gasteiger partial charge >= 0.3 is 5.97 Å². The molecule has 0 saturated heterocycles. The molecule has 0 saturated carbocycles. The zero-order chi connectivity index (χ0) is 20.1. The molecular weight excluding hydrogens is 378 g/mol. The third-order valence-electron chi connectivity index (χ3n) is 3.94. The van der Waals surface area contributed by atoms with Crippen LogP contribution in [0.1, 0.15) is 22.8 Å². The van der Waals surface area contributed by atoms with Gasteiger partial charge < -0.3 is 14.0 Å². The average Bonchev–Trinajstić information content (AvgIpc) is 3.04. The number of carbonyl (C=O) groups excluding carboxylic acids is 2. The van der Waals surface area contributed by atoms with Crippen molar-refractivity contribution in [3.8, 4) is 11.8 Å². The summed E-state index contributed by atoms with van der Waals surface area (Å²) in [7, 11) is 1.31. The number of hydrogen-bond acceptors (Lipinski definition) is 6. The first kappa shape index (κ1) is 19.3. The summed E-state index contributed by atoms with van der Waals surface area (Å²) in [6.45, 7) is 2.37. The number of nitriles is 1. The summed E-state index contributed by atoms with van der Waals surface area (Å²) in [5, 5.41) is 8.87. The van der Waals surface area contributed by atoms with E-state index in [1.54, 1.807) is 34.9 Å². The van der Waals surface area contributed by atoms with Crippen LogP contribution < -0.4 is 9.54 Å². The highest BCUT2D eigenvalue weighted by Gasteiger charge is 2.13. The Kier molecular flexibility index (Phi) is 5.87. The Balaban J connectivity index is 2.09. The van der Waals surface area contributed by atoms with Gasteiger partial charge in [-0.1, -0.05) is 11.3 Å². The van der Waals surface area contributed by atoms with Crippen LogP contribution in [0.25, 0.3) is 10.2 Å². The molecule has 7 nitrogen and oxygen atoms in total. The number of ether oxygens (including phenoxy) is 2. The first-order chi connectivity index (χ1) is 13.5. The van der Waals surface area contributed by atoms with Crippen LogP contribution in [0, 0.1) is 11.3 Å². The predicted octanol–water partition coefficient (Wildman–Crippen LogP) is 2.89. The van der Waals surface area contributed by atoms with Gasteiger partial charge in [-0.05, 0) is 49.4 Å². The minimum atomic E-state index is -0.459. The standard InChI is InChI=1S/C20H17N3O4S/c1-3-27-15-8-9-16-17(10-15)28-20(23(16)12-18(24)26-2)22-19(25)14-6-4-13(11-21)5-7-14/h4-10H,3,12H2,1-2H3. The van der Waals surface area contributed by atoms with E-state index in [1.165, 1.54) is 18.4 Å². The molecule has 1 amide bonds. The molecule has 1 heterocycles. The normalized spacial score (nSPS) is 11.2. The van der Waals surface area contributed by atoms with Gasteiger partial charge in [-0.3, -0.25) is 9.59 Å². The first-order valence-corrected chi connectivity index (χ1v) is 9.29. The van der Waals surface area contributed by atoms with E-state index in [-0.39, 0.29) is 6.54 Å². The van der Waals surface area contributed by atoms with Gasteiger partial charge in [0.2, 0.25) is 0 Å². The molecule has 3 aromatic rings. The van der Waals surface area contributed by atoms with Gasteiger partial charge in [-0.25, -0.2) is 0 Å². The molecule has 28 heavy (non-hydrogen) atoms. The van der Waals surface area contributed by atoms with Gasteiger partial charge in [0.25, 0.3) is 5.91 Å². The van der Waals surface area contributed by atoms with E-state index in [9.17, 15) is 9.59 Å². The topological polar surface area (TPSA) is 93.7 Å². The summed E-state index contributed by atoms with van der Waals surface area (Å²) in [5.41, 5.74) is 1.57. The lowest BCUT2D eigenvalue weighted by atomic mass is 10.1. The molecule has 0 atom stereocenters. The van der Waals surface area contributed by atoms with Crippen molar-refractivity contribution in [1.29, 1.82) is 5.26 Å². The van der Waals surface area contributed by atoms with Crippen LogP contribution in [0.15, 0.2) is 47.5 Å². The van der Waals surface area contributed by atoms with Crippen molar-refractivity contribution >= 4 is 33.4 Å². The van der Waals surface area contributed by atoms with Gasteiger partial charge in [-0.15, -0.1) is 0 Å². The van der Waals surface area contributed by atoms with Crippen molar-refractivity contribution < 1.29 is 19.1 Å². The molecule has 1 aromatic heterocycles. The second kappa shape index (κ2) is 8.50. The maximum absolute atomic E-state index is 12.6. The van der Waals surface area contributed by atoms with E-state index in [2.05, 4.69) is 4.99 Å². The van der Waals surface area contributed by atoms with Crippen molar-refractivity contribution in [3.63, 3.8) is 0 Å². The maximum Gasteiger partial charge on any atom is 0.325 e. The molecule has 2 aromatic carbocycles. The molecule has 0 aliphatic carbocycles. The Bertz CT molecular complexity index is 1140. The van der Waals surface area contributed by atoms with E-state index >= 15 is 0 Å². The van der Waals surface area contributed by atoms with Gasteiger partial charge in [-0.2, -0.15) is 10.3 Å². The van der Waals surface area contributed by atoms with Crippen LogP contribution in [-0.2, 0) is 16.1 Å². The summed E-state index contributed by atoms with van der Waals surface area (Å²) in [6, 6.07) is 13.7. The highest BCUT2D eigenvalue weighted by molar-refractivity contribution is 7.16. The molecule has 0 N–H and O–H groups in total. The van der Waals surface area contributed by atoms with Crippen LogP contribution in [0.3, 0.4) is 0 Å². The number of nitrogens with zero attached hydrogens (tertiary/aromatic N) is 3. The number of thiazole rings is 1. The zero-order valence-electron chi connectivity index (χ0n) is 15.3. The maximum atomic E-state index is 12.6. The molecule has 0 bridgehead atoms. The van der Waals surface area contributed by atoms with Crippen molar-refractivity contribution in [2.75, 3.05) is 13.7 Å². The zero-order valence-corrected chi connectivity index (χ0v) is 16.2. The predicted molar refractivity (Wildman–Crippen MR) is 104 cm³/mol. The molecule has 3 rings (SSSR count). The van der Waals surface area contributed by atoms with Gasteiger partial charge in [0, 0.05) is 5.56 Å². The molecule has 8 heteroatoms. The second-order valence-corrected chi connectivity index (χ2v) is 6.72. The van der Waals surface area contributed by atoms with Gasteiger partial charge in [0.1, 0.15) is 12.3 Å². The summed E-state index contributed by atoms with van der Waals surface area (Å²) in [5.74, 6) is -0.202. The number of hydrogen-bond donors (Lipinski definition) is 0. The summed E-state index contributed by atoms with van der Waals surface area (Å²) in [4.78, 5) is 29.0. The molecule has 0 unspecified atom stereocenters. The molecule has 0 aliphatic rings. The van der Waals surface area contributed by atoms with E-state index in [0.29, 0.717) is 28.3 Å². The SMILES string of the molecule is CCOc1ccc2c(c1)sc(=NC(=O)c1ccc(C#N)cc1)n2CC(=O)OC. The largest absolute Gasteiger partial charge is 0.494 e. The van der Waals surface area contributed by atoms with E-state index in [1.807, 2.05) is 25.1 Å². The van der Waals surface area contributed by atoms with E-state index in [0.717, 1.165) is 10.2 Å². The monoisotopic (exact) mass is 395 g/mol. The lowest BCUT2D eigenvalue weighted by Gasteiger charge is -2.05. The lowest BCUT2D eigenvalue weighted by Crippen LogP contribution is -2.22. The average molecular weight is 395 g/mol. The Morgan fingerprint density at radius 1 is 1.21 bits per heavy atom. The molecule has 0 aliphatic heterocycles. The Morgan fingerprint density at radius 2 is 1.96 bits per heavy atom. The molecule has 142 valence electrons. The van der Waals surface area contributed by atoms with Crippen LogP contribution in [0.2, 0.25) is 0 Å².